The third-order valence-corrected chi connectivity index (χ3v) is 2.32. The second kappa shape index (κ2) is 3.31. The average Bonchev–Trinajstić information content (AvgIpc) is 2.71. The van der Waals surface area contributed by atoms with Crippen LogP contribution in [0.2, 0.25) is 0 Å². The standard InChI is InChI=1S/C7H12N4O2/c1-8-5-3-13-2-4(5)6-9-7(12)11-10-6/h4-5,8H,2-3H2,1H3,(H2,9,10,11,12). The number of nitrogens with one attached hydrogen (secondary N) is 3. The van der Waals surface area contributed by atoms with Crippen molar-refractivity contribution in [1.29, 1.82) is 0 Å². The highest BCUT2D eigenvalue weighted by Crippen LogP contribution is 2.21. The van der Waals surface area contributed by atoms with Gasteiger partial charge >= 0.3 is 5.69 Å². The molecule has 0 saturated carbocycles. The van der Waals surface area contributed by atoms with Crippen LogP contribution in [-0.2, 0) is 4.74 Å². The van der Waals surface area contributed by atoms with E-state index in [0.717, 1.165) is 0 Å². The van der Waals surface area contributed by atoms with Gasteiger partial charge in [-0.1, -0.05) is 0 Å². The van der Waals surface area contributed by atoms with Crippen molar-refractivity contribution in [2.45, 2.75) is 12.0 Å². The van der Waals surface area contributed by atoms with E-state index in [-0.39, 0.29) is 17.6 Å². The number of hydrogen-bond donors (Lipinski definition) is 3. The van der Waals surface area contributed by atoms with Gasteiger partial charge in [-0.15, -0.1) is 0 Å². The molecule has 2 atom stereocenters. The summed E-state index contributed by atoms with van der Waals surface area (Å²) in [5, 5.41) is 9.35. The number of nitrogens with zero attached hydrogens (tertiary/aromatic N) is 1. The van der Waals surface area contributed by atoms with Crippen LogP contribution >= 0.6 is 0 Å². The number of likely N-dealkylation sites (N-methyl/N-ethyl adjacent to an activating group) is 1. The molecule has 2 rings (SSSR count). The predicted molar refractivity (Wildman–Crippen MR) is 45.6 cm³/mol. The van der Waals surface area contributed by atoms with E-state index in [4.69, 9.17) is 4.74 Å². The zero-order chi connectivity index (χ0) is 9.26. The number of aromatic nitrogens is 3. The van der Waals surface area contributed by atoms with Crippen molar-refractivity contribution in [2.75, 3.05) is 20.3 Å². The Morgan fingerprint density at radius 2 is 2.46 bits per heavy atom. The SMILES string of the molecule is CNC1COCC1c1n[nH]c(=O)[nH]1. The van der Waals surface area contributed by atoms with Crippen molar-refractivity contribution in [3.8, 4) is 0 Å². The quantitative estimate of drug-likeness (QED) is 0.539. The molecule has 13 heavy (non-hydrogen) atoms. The molecular weight excluding hydrogens is 172 g/mol. The lowest BCUT2D eigenvalue weighted by Gasteiger charge is -2.12. The van der Waals surface area contributed by atoms with Gasteiger partial charge in [-0.2, -0.15) is 5.10 Å². The lowest BCUT2D eigenvalue weighted by molar-refractivity contribution is 0.188. The summed E-state index contributed by atoms with van der Waals surface area (Å²) >= 11 is 0. The molecule has 0 aliphatic carbocycles. The molecule has 6 heteroatoms. The highest BCUT2D eigenvalue weighted by atomic mass is 16.5. The Bertz CT molecular complexity index is 331. The van der Waals surface area contributed by atoms with Crippen molar-refractivity contribution in [1.82, 2.24) is 20.5 Å². The third-order valence-electron chi connectivity index (χ3n) is 2.32. The Morgan fingerprint density at radius 1 is 1.62 bits per heavy atom. The van der Waals surface area contributed by atoms with E-state index in [1.807, 2.05) is 7.05 Å². The minimum atomic E-state index is -0.267. The van der Waals surface area contributed by atoms with Crippen molar-refractivity contribution in [3.05, 3.63) is 16.3 Å². The van der Waals surface area contributed by atoms with Gasteiger partial charge in [0.05, 0.1) is 19.1 Å². The van der Waals surface area contributed by atoms with Crippen LogP contribution in [0, 0.1) is 0 Å². The summed E-state index contributed by atoms with van der Waals surface area (Å²) in [5.41, 5.74) is -0.267. The number of aromatic amines is 2. The number of rotatable bonds is 2. The predicted octanol–water partition coefficient (Wildman–Crippen LogP) is -1.20. The van der Waals surface area contributed by atoms with Crippen molar-refractivity contribution < 1.29 is 4.74 Å². The Balaban J connectivity index is 2.20. The highest BCUT2D eigenvalue weighted by molar-refractivity contribution is 5.02. The van der Waals surface area contributed by atoms with Gasteiger partial charge in [-0.3, -0.25) is 4.98 Å². The van der Waals surface area contributed by atoms with E-state index in [9.17, 15) is 4.79 Å². The molecule has 0 radical (unpaired) electrons. The van der Waals surface area contributed by atoms with Crippen LogP contribution in [0.15, 0.2) is 4.79 Å². The first-order valence-corrected chi connectivity index (χ1v) is 4.21. The summed E-state index contributed by atoms with van der Waals surface area (Å²) in [7, 11) is 1.87. The monoisotopic (exact) mass is 184 g/mol. The molecule has 1 aliphatic rings. The lowest BCUT2D eigenvalue weighted by Crippen LogP contribution is -2.31. The fourth-order valence-electron chi connectivity index (χ4n) is 1.57. The zero-order valence-electron chi connectivity index (χ0n) is 7.33. The van der Waals surface area contributed by atoms with Gasteiger partial charge in [-0.05, 0) is 7.05 Å². The van der Waals surface area contributed by atoms with Gasteiger partial charge in [0.15, 0.2) is 0 Å². The minimum absolute atomic E-state index is 0.143. The van der Waals surface area contributed by atoms with Crippen LogP contribution in [0.5, 0.6) is 0 Å². The van der Waals surface area contributed by atoms with E-state index in [1.54, 1.807) is 0 Å². The Hall–Kier alpha value is -1.14. The van der Waals surface area contributed by atoms with E-state index in [0.29, 0.717) is 19.0 Å². The van der Waals surface area contributed by atoms with Crippen LogP contribution in [0.4, 0.5) is 0 Å². The summed E-state index contributed by atoms with van der Waals surface area (Å²) in [6.07, 6.45) is 0. The van der Waals surface area contributed by atoms with Gasteiger partial charge < -0.3 is 10.1 Å². The van der Waals surface area contributed by atoms with E-state index in [1.165, 1.54) is 0 Å². The number of hydrogen-bond acceptors (Lipinski definition) is 4. The van der Waals surface area contributed by atoms with Crippen LogP contribution in [0.3, 0.4) is 0 Å². The molecule has 0 aromatic carbocycles. The Kier molecular flexibility index (Phi) is 2.15. The summed E-state index contributed by atoms with van der Waals surface area (Å²) in [6.45, 7) is 1.27. The summed E-state index contributed by atoms with van der Waals surface area (Å²) in [5.74, 6) is 0.811. The maximum atomic E-state index is 10.8. The average molecular weight is 184 g/mol. The molecule has 2 unspecified atom stereocenters. The number of H-pyrrole nitrogens is 2. The maximum absolute atomic E-state index is 10.8. The van der Waals surface area contributed by atoms with E-state index < -0.39 is 0 Å². The van der Waals surface area contributed by atoms with Gasteiger partial charge in [0, 0.05) is 6.04 Å². The minimum Gasteiger partial charge on any atom is -0.379 e. The van der Waals surface area contributed by atoms with E-state index >= 15 is 0 Å². The molecule has 0 spiro atoms. The fourth-order valence-corrected chi connectivity index (χ4v) is 1.57. The smallest absolute Gasteiger partial charge is 0.340 e. The molecule has 1 fully saturated rings. The van der Waals surface area contributed by atoms with Crippen LogP contribution in [-0.4, -0.2) is 41.5 Å². The molecule has 3 N–H and O–H groups in total. The second-order valence-electron chi connectivity index (χ2n) is 3.10. The van der Waals surface area contributed by atoms with E-state index in [2.05, 4.69) is 20.5 Å². The third kappa shape index (κ3) is 1.50. The molecule has 1 saturated heterocycles. The number of ether oxygens (including phenoxy) is 1. The Morgan fingerprint density at radius 3 is 3.08 bits per heavy atom. The first kappa shape index (κ1) is 8.46. The van der Waals surface area contributed by atoms with Crippen molar-refractivity contribution >= 4 is 0 Å². The van der Waals surface area contributed by atoms with Gasteiger partial charge in [0.2, 0.25) is 0 Å². The second-order valence-corrected chi connectivity index (χ2v) is 3.10. The summed E-state index contributed by atoms with van der Waals surface area (Å²) in [6, 6.07) is 0.235. The summed E-state index contributed by atoms with van der Waals surface area (Å²) < 4.78 is 5.29. The molecule has 0 bridgehead atoms. The fraction of sp³-hybridized carbons (Fsp3) is 0.714. The molecule has 1 aliphatic heterocycles. The molecule has 72 valence electrons. The maximum Gasteiger partial charge on any atom is 0.340 e. The van der Waals surface area contributed by atoms with Crippen LogP contribution in [0.25, 0.3) is 0 Å². The van der Waals surface area contributed by atoms with Gasteiger partial charge in [-0.25, -0.2) is 9.89 Å². The zero-order valence-corrected chi connectivity index (χ0v) is 7.33. The molecular formula is C7H12N4O2. The van der Waals surface area contributed by atoms with Gasteiger partial charge in [0.25, 0.3) is 0 Å². The molecule has 1 aromatic rings. The largest absolute Gasteiger partial charge is 0.379 e. The Labute approximate surface area is 74.7 Å². The first-order chi connectivity index (χ1) is 6.31. The molecule has 6 nitrogen and oxygen atoms in total. The lowest BCUT2D eigenvalue weighted by atomic mass is 10.0. The first-order valence-electron chi connectivity index (χ1n) is 4.21. The molecule has 1 aromatic heterocycles. The highest BCUT2D eigenvalue weighted by Gasteiger charge is 2.30. The van der Waals surface area contributed by atoms with Gasteiger partial charge in [0.1, 0.15) is 5.82 Å². The van der Waals surface area contributed by atoms with Crippen molar-refractivity contribution in [3.63, 3.8) is 0 Å². The normalized spacial score (nSPS) is 28.1. The van der Waals surface area contributed by atoms with Crippen LogP contribution in [0.1, 0.15) is 11.7 Å². The topological polar surface area (TPSA) is 82.8 Å². The van der Waals surface area contributed by atoms with Crippen LogP contribution < -0.4 is 11.0 Å². The van der Waals surface area contributed by atoms with Crippen molar-refractivity contribution in [2.24, 2.45) is 0 Å². The molecule has 0 amide bonds. The summed E-state index contributed by atoms with van der Waals surface area (Å²) in [4.78, 5) is 13.4. The molecule has 2 heterocycles.